The first-order chi connectivity index (χ1) is 9.27. The van der Waals surface area contributed by atoms with Crippen LogP contribution in [0.5, 0.6) is 0 Å². The van der Waals surface area contributed by atoms with Gasteiger partial charge in [-0.1, -0.05) is 12.1 Å². The third kappa shape index (κ3) is 3.46. The summed E-state index contributed by atoms with van der Waals surface area (Å²) in [4.78, 5) is 15.8. The highest BCUT2D eigenvalue weighted by Crippen LogP contribution is 2.27. The van der Waals surface area contributed by atoms with Crippen LogP contribution in [0, 0.1) is 0 Å². The van der Waals surface area contributed by atoms with Gasteiger partial charge < -0.3 is 4.90 Å². The number of thioether (sulfide) groups is 1. The summed E-state index contributed by atoms with van der Waals surface area (Å²) in [6.07, 6.45) is 6.25. The van der Waals surface area contributed by atoms with E-state index in [1.165, 1.54) is 0 Å². The molecule has 1 aliphatic heterocycles. The van der Waals surface area contributed by atoms with Gasteiger partial charge in [-0.05, 0) is 44.1 Å². The highest BCUT2D eigenvalue weighted by molar-refractivity contribution is 7.98. The minimum Gasteiger partial charge on any atom is -0.336 e. The first-order valence-electron chi connectivity index (χ1n) is 6.78. The second kappa shape index (κ2) is 7.20. The van der Waals surface area contributed by atoms with Gasteiger partial charge in [-0.15, -0.1) is 23.4 Å². The molecule has 1 fully saturated rings. The number of halogens is 1. The Morgan fingerprint density at radius 2 is 2.26 bits per heavy atom. The lowest BCUT2D eigenvalue weighted by Gasteiger charge is -2.25. The number of amides is 1. The van der Waals surface area contributed by atoms with Crippen molar-refractivity contribution in [3.05, 3.63) is 29.8 Å². The lowest BCUT2D eigenvalue weighted by Crippen LogP contribution is -2.35. The number of rotatable bonds is 5. The van der Waals surface area contributed by atoms with Gasteiger partial charge in [0, 0.05) is 23.4 Å². The van der Waals surface area contributed by atoms with Crippen molar-refractivity contribution in [1.29, 1.82) is 0 Å². The van der Waals surface area contributed by atoms with Crippen LogP contribution in [0.1, 0.15) is 36.0 Å². The number of hydrogen-bond donors (Lipinski definition) is 0. The number of benzene rings is 1. The predicted octanol–water partition coefficient (Wildman–Crippen LogP) is 4.03. The molecule has 1 unspecified atom stereocenters. The topological polar surface area (TPSA) is 20.3 Å². The highest BCUT2D eigenvalue weighted by atomic mass is 35.5. The third-order valence-corrected chi connectivity index (χ3v) is 4.71. The summed E-state index contributed by atoms with van der Waals surface area (Å²) in [5.41, 5.74) is 0.841. The minimum atomic E-state index is 0.182. The fourth-order valence-corrected chi connectivity index (χ4v) is 3.44. The maximum Gasteiger partial charge on any atom is 0.255 e. The van der Waals surface area contributed by atoms with Crippen molar-refractivity contribution < 1.29 is 4.79 Å². The lowest BCUT2D eigenvalue weighted by atomic mass is 10.1. The van der Waals surface area contributed by atoms with Gasteiger partial charge in [0.05, 0.1) is 5.56 Å². The SMILES string of the molecule is CSc1ccccc1C(=O)N1CCCC1CCCCl. The van der Waals surface area contributed by atoms with Crippen molar-refractivity contribution in [2.24, 2.45) is 0 Å². The molecule has 2 nitrogen and oxygen atoms in total. The number of likely N-dealkylation sites (tertiary alicyclic amines) is 1. The molecule has 0 N–H and O–H groups in total. The average Bonchev–Trinajstić information content (AvgIpc) is 2.92. The van der Waals surface area contributed by atoms with Crippen molar-refractivity contribution in [3.63, 3.8) is 0 Å². The summed E-state index contributed by atoms with van der Waals surface area (Å²) in [6, 6.07) is 8.25. The molecule has 1 atom stereocenters. The molecule has 0 saturated carbocycles. The summed E-state index contributed by atoms with van der Waals surface area (Å²) in [5, 5.41) is 0. The number of hydrogen-bond acceptors (Lipinski definition) is 2. The van der Waals surface area contributed by atoms with Crippen LogP contribution in [-0.2, 0) is 0 Å². The van der Waals surface area contributed by atoms with Crippen LogP contribution in [0.4, 0.5) is 0 Å². The predicted molar refractivity (Wildman–Crippen MR) is 82.2 cm³/mol. The summed E-state index contributed by atoms with van der Waals surface area (Å²) in [7, 11) is 0. The minimum absolute atomic E-state index is 0.182. The van der Waals surface area contributed by atoms with Crippen molar-refractivity contribution in [2.75, 3.05) is 18.7 Å². The molecule has 4 heteroatoms. The first-order valence-corrected chi connectivity index (χ1v) is 8.53. The van der Waals surface area contributed by atoms with E-state index in [9.17, 15) is 4.79 Å². The Hall–Kier alpha value is -0.670. The van der Waals surface area contributed by atoms with E-state index in [1.54, 1.807) is 11.8 Å². The smallest absolute Gasteiger partial charge is 0.255 e. The molecule has 104 valence electrons. The standard InChI is InChI=1S/C15H20ClNOS/c1-19-14-9-3-2-8-13(14)15(18)17-11-5-7-12(17)6-4-10-16/h2-3,8-9,12H,4-7,10-11H2,1H3. The second-order valence-corrected chi connectivity index (χ2v) is 6.05. The van der Waals surface area contributed by atoms with Crippen LogP contribution < -0.4 is 0 Å². The van der Waals surface area contributed by atoms with Crippen molar-refractivity contribution in [1.82, 2.24) is 4.90 Å². The maximum absolute atomic E-state index is 12.7. The monoisotopic (exact) mass is 297 g/mol. The highest BCUT2D eigenvalue weighted by Gasteiger charge is 2.29. The summed E-state index contributed by atoms with van der Waals surface area (Å²) >= 11 is 7.40. The Morgan fingerprint density at radius 1 is 1.47 bits per heavy atom. The quantitative estimate of drug-likeness (QED) is 0.604. The van der Waals surface area contributed by atoms with E-state index in [1.807, 2.05) is 35.4 Å². The molecule has 1 aromatic rings. The summed E-state index contributed by atoms with van der Waals surface area (Å²) < 4.78 is 0. The Morgan fingerprint density at radius 3 is 3.00 bits per heavy atom. The van der Waals surface area contributed by atoms with Gasteiger partial charge in [0.1, 0.15) is 0 Å². The number of alkyl halides is 1. The molecule has 1 saturated heterocycles. The van der Waals surface area contributed by atoms with Crippen LogP contribution in [-0.4, -0.2) is 35.5 Å². The van der Waals surface area contributed by atoms with Crippen LogP contribution >= 0.6 is 23.4 Å². The molecule has 2 rings (SSSR count). The number of carbonyl (C=O) groups excluding carboxylic acids is 1. The molecule has 1 aromatic carbocycles. The van der Waals surface area contributed by atoms with Crippen LogP contribution in [0.3, 0.4) is 0 Å². The third-order valence-electron chi connectivity index (χ3n) is 3.65. The van der Waals surface area contributed by atoms with E-state index < -0.39 is 0 Å². The van der Waals surface area contributed by atoms with Gasteiger partial charge in [0.25, 0.3) is 5.91 Å². The zero-order valence-corrected chi connectivity index (χ0v) is 12.8. The molecule has 19 heavy (non-hydrogen) atoms. The van der Waals surface area contributed by atoms with Gasteiger partial charge in [0.15, 0.2) is 0 Å². The molecular weight excluding hydrogens is 278 g/mol. The van der Waals surface area contributed by atoms with E-state index in [-0.39, 0.29) is 5.91 Å². The molecule has 1 heterocycles. The van der Waals surface area contributed by atoms with Gasteiger partial charge in [-0.2, -0.15) is 0 Å². The van der Waals surface area contributed by atoms with Gasteiger partial charge in [0.2, 0.25) is 0 Å². The largest absolute Gasteiger partial charge is 0.336 e. The number of carbonyl (C=O) groups is 1. The van der Waals surface area contributed by atoms with Gasteiger partial charge in [-0.3, -0.25) is 4.79 Å². The first kappa shape index (κ1) is 14.7. The van der Waals surface area contributed by atoms with E-state index in [4.69, 9.17) is 11.6 Å². The van der Waals surface area contributed by atoms with Gasteiger partial charge >= 0.3 is 0 Å². The van der Waals surface area contributed by atoms with Crippen LogP contribution in [0.2, 0.25) is 0 Å². The summed E-state index contributed by atoms with van der Waals surface area (Å²) in [5.74, 6) is 0.863. The van der Waals surface area contributed by atoms with E-state index in [0.717, 1.165) is 42.7 Å². The molecule has 0 bridgehead atoms. The van der Waals surface area contributed by atoms with E-state index in [2.05, 4.69) is 0 Å². The lowest BCUT2D eigenvalue weighted by molar-refractivity contribution is 0.0726. The zero-order chi connectivity index (χ0) is 13.7. The molecule has 0 aliphatic carbocycles. The molecule has 1 aliphatic rings. The van der Waals surface area contributed by atoms with Gasteiger partial charge in [-0.25, -0.2) is 0 Å². The maximum atomic E-state index is 12.7. The fourth-order valence-electron chi connectivity index (χ4n) is 2.69. The van der Waals surface area contributed by atoms with Crippen molar-refractivity contribution >= 4 is 29.3 Å². The number of nitrogens with zero attached hydrogens (tertiary/aromatic N) is 1. The van der Waals surface area contributed by atoms with Crippen LogP contribution in [0.25, 0.3) is 0 Å². The second-order valence-electron chi connectivity index (χ2n) is 4.83. The average molecular weight is 298 g/mol. The molecular formula is C15H20ClNOS. The molecule has 0 aromatic heterocycles. The van der Waals surface area contributed by atoms with E-state index >= 15 is 0 Å². The Bertz CT molecular complexity index is 438. The zero-order valence-electron chi connectivity index (χ0n) is 11.3. The Balaban J connectivity index is 2.13. The molecule has 1 amide bonds. The Kier molecular flexibility index (Phi) is 5.59. The van der Waals surface area contributed by atoms with Crippen LogP contribution in [0.15, 0.2) is 29.2 Å². The van der Waals surface area contributed by atoms with Crippen molar-refractivity contribution in [3.8, 4) is 0 Å². The Labute approximate surface area is 124 Å². The summed E-state index contributed by atoms with van der Waals surface area (Å²) in [6.45, 7) is 0.883. The fraction of sp³-hybridized carbons (Fsp3) is 0.533. The van der Waals surface area contributed by atoms with E-state index in [0.29, 0.717) is 11.9 Å². The molecule has 0 radical (unpaired) electrons. The normalized spacial score (nSPS) is 18.8. The molecule has 0 spiro atoms. The van der Waals surface area contributed by atoms with Crippen molar-refractivity contribution in [2.45, 2.75) is 36.6 Å².